The zero-order valence-electron chi connectivity index (χ0n) is 16.1. The van der Waals surface area contributed by atoms with Crippen molar-refractivity contribution < 1.29 is 9.90 Å². The van der Waals surface area contributed by atoms with Crippen LogP contribution in [0.4, 0.5) is 0 Å². The molecule has 1 amide bonds. The maximum Gasteiger partial charge on any atom is 0.251 e. The molecule has 1 aliphatic heterocycles. The van der Waals surface area contributed by atoms with Crippen LogP contribution in [-0.2, 0) is 0 Å². The normalized spacial score (nSPS) is 18.4. The minimum Gasteiger partial charge on any atom is -0.391 e. The standard InChI is InChI=1S/C22H23N3O2.2ClH/c1-14-11-18(17-7-2-3-8-19(17)24-14)15-5-4-6-16(12-15)22(27)25-20-13-23-10-9-21(20)26;;/h2-8,11-12,20-21,23,26H,9-10,13H2,1H3,(H,25,27);2*1H/t20-,21-;;/m1../s1. The Labute approximate surface area is 182 Å². The maximum atomic E-state index is 12.7. The second-order valence-electron chi connectivity index (χ2n) is 7.05. The van der Waals surface area contributed by atoms with Crippen LogP contribution in [-0.4, -0.2) is 41.2 Å². The molecular formula is C22H25Cl2N3O2. The first-order valence-electron chi connectivity index (χ1n) is 9.28. The summed E-state index contributed by atoms with van der Waals surface area (Å²) in [5, 5.41) is 17.3. The number of fused-ring (bicyclic) bond motifs is 1. The molecule has 0 aliphatic carbocycles. The van der Waals surface area contributed by atoms with Gasteiger partial charge in [0.25, 0.3) is 5.91 Å². The number of amides is 1. The third-order valence-corrected chi connectivity index (χ3v) is 5.04. The number of aromatic nitrogens is 1. The van der Waals surface area contributed by atoms with Crippen LogP contribution in [0.15, 0.2) is 54.6 Å². The highest BCUT2D eigenvalue weighted by Gasteiger charge is 2.24. The Morgan fingerprint density at radius 2 is 1.93 bits per heavy atom. The Hall–Kier alpha value is -2.18. The zero-order valence-corrected chi connectivity index (χ0v) is 17.7. The van der Waals surface area contributed by atoms with Gasteiger partial charge < -0.3 is 15.7 Å². The van der Waals surface area contributed by atoms with E-state index in [1.165, 1.54) is 0 Å². The van der Waals surface area contributed by atoms with Crippen molar-refractivity contribution in [2.75, 3.05) is 13.1 Å². The zero-order chi connectivity index (χ0) is 18.8. The number of nitrogens with zero attached hydrogens (tertiary/aromatic N) is 1. The Morgan fingerprint density at radius 3 is 2.72 bits per heavy atom. The van der Waals surface area contributed by atoms with Gasteiger partial charge in [0, 0.05) is 23.2 Å². The molecule has 29 heavy (non-hydrogen) atoms. The maximum absolute atomic E-state index is 12.7. The van der Waals surface area contributed by atoms with Gasteiger partial charge in [-0.1, -0.05) is 30.3 Å². The molecule has 2 aromatic carbocycles. The molecule has 1 saturated heterocycles. The summed E-state index contributed by atoms with van der Waals surface area (Å²) < 4.78 is 0. The monoisotopic (exact) mass is 433 g/mol. The number of carbonyl (C=O) groups is 1. The first-order valence-corrected chi connectivity index (χ1v) is 9.28. The Morgan fingerprint density at radius 1 is 1.14 bits per heavy atom. The van der Waals surface area contributed by atoms with Crippen LogP contribution < -0.4 is 10.6 Å². The number of halogens is 2. The number of benzene rings is 2. The number of rotatable bonds is 3. The molecule has 3 aromatic rings. The molecule has 2 atom stereocenters. The van der Waals surface area contributed by atoms with Crippen LogP contribution in [0.5, 0.6) is 0 Å². The lowest BCUT2D eigenvalue weighted by Gasteiger charge is -2.29. The molecule has 2 heterocycles. The number of para-hydroxylation sites is 1. The van der Waals surface area contributed by atoms with Crippen LogP contribution >= 0.6 is 24.8 Å². The van der Waals surface area contributed by atoms with Crippen molar-refractivity contribution in [1.29, 1.82) is 0 Å². The first kappa shape index (κ1) is 23.1. The van der Waals surface area contributed by atoms with Gasteiger partial charge in [-0.3, -0.25) is 9.78 Å². The van der Waals surface area contributed by atoms with Gasteiger partial charge in [0.15, 0.2) is 0 Å². The van der Waals surface area contributed by atoms with Crippen molar-refractivity contribution >= 4 is 41.6 Å². The fourth-order valence-corrected chi connectivity index (χ4v) is 3.62. The molecule has 0 spiro atoms. The third kappa shape index (κ3) is 5.06. The van der Waals surface area contributed by atoms with Crippen LogP contribution in [0.3, 0.4) is 0 Å². The van der Waals surface area contributed by atoms with Crippen molar-refractivity contribution in [3.63, 3.8) is 0 Å². The second kappa shape index (κ2) is 10.0. The summed E-state index contributed by atoms with van der Waals surface area (Å²) in [7, 11) is 0. The molecule has 1 aromatic heterocycles. The van der Waals surface area contributed by atoms with Gasteiger partial charge in [-0.15, -0.1) is 24.8 Å². The summed E-state index contributed by atoms with van der Waals surface area (Å²) in [6.45, 7) is 3.34. The van der Waals surface area contributed by atoms with Gasteiger partial charge in [-0.25, -0.2) is 0 Å². The van der Waals surface area contributed by atoms with E-state index in [1.54, 1.807) is 6.07 Å². The van der Waals surface area contributed by atoms with E-state index in [2.05, 4.69) is 15.6 Å². The molecule has 1 aliphatic rings. The molecule has 7 heteroatoms. The molecule has 0 radical (unpaired) electrons. The van der Waals surface area contributed by atoms with Gasteiger partial charge in [0.2, 0.25) is 0 Å². The van der Waals surface area contributed by atoms with Crippen molar-refractivity contribution in [1.82, 2.24) is 15.6 Å². The largest absolute Gasteiger partial charge is 0.391 e. The highest BCUT2D eigenvalue weighted by Crippen LogP contribution is 2.29. The van der Waals surface area contributed by atoms with Gasteiger partial charge in [-0.05, 0) is 55.3 Å². The smallest absolute Gasteiger partial charge is 0.251 e. The minimum atomic E-state index is -0.509. The van der Waals surface area contributed by atoms with Crippen LogP contribution in [0.2, 0.25) is 0 Å². The molecule has 0 saturated carbocycles. The summed E-state index contributed by atoms with van der Waals surface area (Å²) in [4.78, 5) is 17.3. The Bertz CT molecular complexity index is 997. The van der Waals surface area contributed by atoms with Crippen LogP contribution in [0, 0.1) is 6.92 Å². The fourth-order valence-electron chi connectivity index (χ4n) is 3.62. The summed E-state index contributed by atoms with van der Waals surface area (Å²) in [6, 6.07) is 17.4. The number of pyridine rings is 1. The van der Waals surface area contributed by atoms with E-state index in [9.17, 15) is 9.90 Å². The predicted molar refractivity (Wildman–Crippen MR) is 121 cm³/mol. The number of piperidine rings is 1. The molecule has 4 rings (SSSR count). The molecule has 3 N–H and O–H groups in total. The van der Waals surface area contributed by atoms with E-state index in [4.69, 9.17) is 0 Å². The fraction of sp³-hybridized carbons (Fsp3) is 0.273. The van der Waals surface area contributed by atoms with Crippen molar-refractivity contribution in [2.24, 2.45) is 0 Å². The summed E-state index contributed by atoms with van der Waals surface area (Å²) in [5.74, 6) is -0.167. The van der Waals surface area contributed by atoms with E-state index in [0.717, 1.165) is 34.3 Å². The topological polar surface area (TPSA) is 74.2 Å². The quantitative estimate of drug-likeness (QED) is 0.590. The lowest BCUT2D eigenvalue weighted by Crippen LogP contribution is -2.53. The van der Waals surface area contributed by atoms with Gasteiger partial charge in [-0.2, -0.15) is 0 Å². The SMILES string of the molecule is Cc1cc(-c2cccc(C(=O)N[C@@H]3CNCC[C@H]3O)c2)c2ccccc2n1.Cl.Cl. The number of hydrogen-bond donors (Lipinski definition) is 3. The highest BCUT2D eigenvalue weighted by molar-refractivity contribution is 5.99. The minimum absolute atomic E-state index is 0. The number of aliphatic hydroxyl groups excluding tert-OH is 1. The molecular weight excluding hydrogens is 409 g/mol. The van der Waals surface area contributed by atoms with E-state index in [0.29, 0.717) is 18.5 Å². The van der Waals surface area contributed by atoms with E-state index >= 15 is 0 Å². The first-order chi connectivity index (χ1) is 13.1. The van der Waals surface area contributed by atoms with Gasteiger partial charge >= 0.3 is 0 Å². The van der Waals surface area contributed by atoms with Crippen molar-refractivity contribution in [2.45, 2.75) is 25.5 Å². The molecule has 0 bridgehead atoms. The van der Waals surface area contributed by atoms with Crippen molar-refractivity contribution in [3.8, 4) is 11.1 Å². The third-order valence-electron chi connectivity index (χ3n) is 5.04. The lowest BCUT2D eigenvalue weighted by atomic mass is 9.98. The summed E-state index contributed by atoms with van der Waals surface area (Å²) >= 11 is 0. The number of carbonyl (C=O) groups excluding carboxylic acids is 1. The van der Waals surface area contributed by atoms with Crippen molar-refractivity contribution in [3.05, 3.63) is 65.9 Å². The summed E-state index contributed by atoms with van der Waals surface area (Å²) in [5.41, 5.74) is 4.51. The molecule has 154 valence electrons. The molecule has 5 nitrogen and oxygen atoms in total. The average molecular weight is 434 g/mol. The Balaban J connectivity index is 0.00000150. The molecule has 0 unspecified atom stereocenters. The second-order valence-corrected chi connectivity index (χ2v) is 7.05. The van der Waals surface area contributed by atoms with Gasteiger partial charge in [0.1, 0.15) is 0 Å². The average Bonchev–Trinajstić information content (AvgIpc) is 2.69. The number of aliphatic hydroxyl groups is 1. The number of nitrogens with one attached hydrogen (secondary N) is 2. The predicted octanol–water partition coefficient (Wildman–Crippen LogP) is 3.51. The van der Waals surface area contributed by atoms with E-state index in [1.807, 2.05) is 55.5 Å². The lowest BCUT2D eigenvalue weighted by molar-refractivity contribution is 0.0755. The van der Waals surface area contributed by atoms with E-state index in [-0.39, 0.29) is 36.8 Å². The Kier molecular flexibility index (Phi) is 7.99. The highest BCUT2D eigenvalue weighted by atomic mass is 35.5. The number of hydrogen-bond acceptors (Lipinski definition) is 4. The van der Waals surface area contributed by atoms with E-state index < -0.39 is 6.10 Å². The summed E-state index contributed by atoms with van der Waals surface area (Å²) in [6.07, 6.45) is 0.137. The molecule has 1 fully saturated rings. The van der Waals surface area contributed by atoms with Gasteiger partial charge in [0.05, 0.1) is 17.7 Å². The van der Waals surface area contributed by atoms with Crippen LogP contribution in [0.25, 0.3) is 22.0 Å². The number of aryl methyl sites for hydroxylation is 1. The van der Waals surface area contributed by atoms with Crippen LogP contribution in [0.1, 0.15) is 22.5 Å².